The van der Waals surface area contributed by atoms with Crippen molar-refractivity contribution in [2.45, 2.75) is 0 Å². The Labute approximate surface area is 352 Å². The highest BCUT2D eigenvalue weighted by Crippen LogP contribution is 2.38. The Hall–Kier alpha value is -8.35. The molecule has 0 fully saturated rings. The fraction of sp³-hybridized carbons (Fsp3) is 0. The van der Waals surface area contributed by atoms with Crippen LogP contribution in [-0.4, -0.2) is 24.9 Å². The van der Waals surface area contributed by atoms with Crippen LogP contribution in [0.4, 0.5) is 0 Å². The van der Waals surface area contributed by atoms with Crippen molar-refractivity contribution in [3.8, 4) is 39.6 Å². The Morgan fingerprint density at radius 2 is 0.852 bits per heavy atom. The zero-order chi connectivity index (χ0) is 40.7. The van der Waals surface area contributed by atoms with Crippen LogP contribution in [0.5, 0.6) is 0 Å². The molecular weight excluding hydrogens is 745 g/mol. The highest BCUT2D eigenvalue weighted by Gasteiger charge is 2.19. The lowest BCUT2D eigenvalue weighted by molar-refractivity contribution is 0.995. The number of nitrogens with zero attached hydrogens (tertiary/aromatic N) is 4. The minimum absolute atomic E-state index is 0.429. The predicted octanol–water partition coefficient (Wildman–Crippen LogP) is 13.3. The maximum atomic E-state index is 9.00. The van der Waals surface area contributed by atoms with E-state index in [-0.39, 0.29) is 0 Å². The molecule has 11 rings (SSSR count). The van der Waals surface area contributed by atoms with Crippen molar-refractivity contribution in [2.75, 3.05) is 5.43 Å². The first-order valence-corrected chi connectivity index (χ1v) is 20.4. The van der Waals surface area contributed by atoms with Crippen molar-refractivity contribution in [1.82, 2.24) is 19.2 Å². The number of rotatable bonds is 9. The zero-order valence-electron chi connectivity index (χ0n) is 33.1. The van der Waals surface area contributed by atoms with E-state index in [0.29, 0.717) is 11.7 Å². The summed E-state index contributed by atoms with van der Waals surface area (Å²) < 4.78 is 4.35. The van der Waals surface area contributed by atoms with Crippen LogP contribution >= 0.6 is 0 Å². The molecule has 0 bridgehead atoms. The van der Waals surface area contributed by atoms with Crippen LogP contribution < -0.4 is 5.43 Å². The normalized spacial score (nSPS) is 11.8. The van der Waals surface area contributed by atoms with Crippen molar-refractivity contribution < 1.29 is 0 Å². The van der Waals surface area contributed by atoms with Gasteiger partial charge in [-0.25, -0.2) is 9.97 Å². The monoisotopic (exact) mass is 782 g/mol. The Balaban J connectivity index is 1.04. The van der Waals surface area contributed by atoms with Gasteiger partial charge in [0.25, 0.3) is 0 Å². The molecule has 0 unspecified atom stereocenters. The third-order valence-corrected chi connectivity index (χ3v) is 11.4. The minimum atomic E-state index is 0.429. The molecule has 61 heavy (non-hydrogen) atoms. The SMILES string of the molecule is N=C(/C=C(\Nn1c2ccccc2c2cc(-c3ccc4c(c3)c3ccccc3n4-c3nc(-c4ccccc4)cc(-c4ccccc4)n3)ccc21)c1ccccc1)c1ccccc1. The second-order valence-electron chi connectivity index (χ2n) is 15.2. The van der Waals surface area contributed by atoms with Crippen molar-refractivity contribution in [1.29, 1.82) is 5.41 Å². The van der Waals surface area contributed by atoms with E-state index in [1.54, 1.807) is 0 Å². The molecule has 6 heteroatoms. The molecule has 2 N–H and O–H groups in total. The number of nitrogens with one attached hydrogen (secondary N) is 2. The topological polar surface area (TPSA) is 71.5 Å². The quantitative estimate of drug-likeness (QED) is 0.143. The Morgan fingerprint density at radius 3 is 1.46 bits per heavy atom. The van der Waals surface area contributed by atoms with Crippen molar-refractivity contribution in [3.63, 3.8) is 0 Å². The van der Waals surface area contributed by atoms with Crippen LogP contribution in [0.3, 0.4) is 0 Å². The number of hydrogen-bond acceptors (Lipinski definition) is 4. The van der Waals surface area contributed by atoms with E-state index in [2.05, 4.69) is 142 Å². The first-order chi connectivity index (χ1) is 30.2. The Kier molecular flexibility index (Phi) is 8.86. The molecule has 3 aromatic heterocycles. The third-order valence-electron chi connectivity index (χ3n) is 11.4. The van der Waals surface area contributed by atoms with Gasteiger partial charge < -0.3 is 5.41 Å². The van der Waals surface area contributed by atoms with Gasteiger partial charge >= 0.3 is 0 Å². The summed E-state index contributed by atoms with van der Waals surface area (Å²) in [6.45, 7) is 0. The number of allylic oxidation sites excluding steroid dienone is 1. The molecular formula is C55H38N6. The van der Waals surface area contributed by atoms with Gasteiger partial charge in [0, 0.05) is 32.7 Å². The summed E-state index contributed by atoms with van der Waals surface area (Å²) in [5.74, 6) is 0.628. The summed E-state index contributed by atoms with van der Waals surface area (Å²) in [6.07, 6.45) is 1.91. The van der Waals surface area contributed by atoms with Crippen molar-refractivity contribution in [3.05, 3.63) is 230 Å². The van der Waals surface area contributed by atoms with E-state index in [1.165, 1.54) is 0 Å². The fourth-order valence-electron chi connectivity index (χ4n) is 8.45. The van der Waals surface area contributed by atoms with Crippen LogP contribution in [0.25, 0.3) is 88.9 Å². The van der Waals surface area contributed by atoms with E-state index < -0.39 is 0 Å². The zero-order valence-corrected chi connectivity index (χ0v) is 33.1. The summed E-state index contributed by atoms with van der Waals surface area (Å²) in [7, 11) is 0. The third kappa shape index (κ3) is 6.53. The Morgan fingerprint density at radius 1 is 0.410 bits per heavy atom. The molecule has 0 radical (unpaired) electrons. The average Bonchev–Trinajstić information content (AvgIpc) is 3.84. The molecule has 0 saturated heterocycles. The van der Waals surface area contributed by atoms with E-state index >= 15 is 0 Å². The largest absolute Gasteiger partial charge is 0.300 e. The molecule has 6 nitrogen and oxygen atoms in total. The molecule has 0 aliphatic rings. The molecule has 3 heterocycles. The summed E-state index contributed by atoms with van der Waals surface area (Å²) in [5, 5.41) is 13.5. The number of hydrogen-bond donors (Lipinski definition) is 2. The molecule has 0 atom stereocenters. The van der Waals surface area contributed by atoms with Gasteiger partial charge in [0.1, 0.15) is 0 Å². The van der Waals surface area contributed by atoms with Crippen LogP contribution in [0.15, 0.2) is 218 Å². The molecule has 0 spiro atoms. The van der Waals surface area contributed by atoms with E-state index in [0.717, 1.165) is 94.1 Å². The maximum Gasteiger partial charge on any atom is 0.235 e. The first-order valence-electron chi connectivity index (χ1n) is 20.4. The lowest BCUT2D eigenvalue weighted by Crippen LogP contribution is -2.14. The molecule has 8 aromatic carbocycles. The molecule has 0 aliphatic carbocycles. The van der Waals surface area contributed by atoms with E-state index in [1.807, 2.05) is 91.0 Å². The lowest BCUT2D eigenvalue weighted by atomic mass is 10.0. The second-order valence-corrected chi connectivity index (χ2v) is 15.2. The van der Waals surface area contributed by atoms with Crippen molar-refractivity contribution in [2.24, 2.45) is 0 Å². The standard InChI is InChI=1S/C55H38N6/c56-47(37-17-5-1-6-18-37)35-50(40-23-11-4-12-24-40)59-61-53-28-16-14-26-44(53)46-34-42(30-32-54(46)61)41-29-31-52-45(33-41)43-25-13-15-27-51(43)60(52)55-57-48(38-19-7-2-8-20-38)36-49(58-55)39-21-9-3-10-22-39/h1-36,56,59H/b50-35-,56-47?. The number of para-hydroxylation sites is 2. The first kappa shape index (κ1) is 35.8. The van der Waals surface area contributed by atoms with Crippen LogP contribution in [0, 0.1) is 5.41 Å². The summed E-state index contributed by atoms with van der Waals surface area (Å²) >= 11 is 0. The fourth-order valence-corrected chi connectivity index (χ4v) is 8.45. The van der Waals surface area contributed by atoms with Gasteiger partial charge in [-0.2, -0.15) is 0 Å². The van der Waals surface area contributed by atoms with Crippen LogP contribution in [0.2, 0.25) is 0 Å². The van der Waals surface area contributed by atoms with Gasteiger partial charge in [0.2, 0.25) is 5.95 Å². The predicted molar refractivity (Wildman–Crippen MR) is 253 cm³/mol. The van der Waals surface area contributed by atoms with Gasteiger partial charge in [0.15, 0.2) is 0 Å². The van der Waals surface area contributed by atoms with E-state index in [9.17, 15) is 0 Å². The van der Waals surface area contributed by atoms with Crippen LogP contribution in [-0.2, 0) is 0 Å². The lowest BCUT2D eigenvalue weighted by Gasteiger charge is -2.16. The second kappa shape index (κ2) is 15.1. The van der Waals surface area contributed by atoms with Gasteiger partial charge in [-0.3, -0.25) is 14.7 Å². The molecule has 0 aliphatic heterocycles. The highest BCUT2D eigenvalue weighted by molar-refractivity contribution is 6.13. The van der Waals surface area contributed by atoms with Gasteiger partial charge in [-0.05, 0) is 70.8 Å². The average molecular weight is 783 g/mol. The van der Waals surface area contributed by atoms with Gasteiger partial charge in [-0.15, -0.1) is 0 Å². The van der Waals surface area contributed by atoms with Crippen LogP contribution in [0.1, 0.15) is 11.1 Å². The van der Waals surface area contributed by atoms with E-state index in [4.69, 9.17) is 15.4 Å². The molecule has 288 valence electrons. The Bertz CT molecular complexity index is 3380. The molecule has 0 saturated carbocycles. The number of benzene rings is 8. The molecule has 0 amide bonds. The van der Waals surface area contributed by atoms with Gasteiger partial charge in [-0.1, -0.05) is 170 Å². The molecule has 11 aromatic rings. The smallest absolute Gasteiger partial charge is 0.235 e. The maximum absolute atomic E-state index is 9.00. The van der Waals surface area contributed by atoms with Crippen molar-refractivity contribution >= 4 is 55.0 Å². The number of fused-ring (bicyclic) bond motifs is 6. The summed E-state index contributed by atoms with van der Waals surface area (Å²) in [5.41, 5.74) is 17.1. The minimum Gasteiger partial charge on any atom is -0.300 e. The summed E-state index contributed by atoms with van der Waals surface area (Å²) in [6, 6.07) is 73.2. The number of aromatic nitrogens is 4. The van der Waals surface area contributed by atoms with Gasteiger partial charge in [0.05, 0.1) is 44.9 Å². The summed E-state index contributed by atoms with van der Waals surface area (Å²) in [4.78, 5) is 10.4. The highest BCUT2D eigenvalue weighted by atomic mass is 15.4.